The largest absolute Gasteiger partial charge is 0.438 e. The van der Waals surface area contributed by atoms with E-state index in [1.807, 2.05) is 36.4 Å². The van der Waals surface area contributed by atoms with Crippen LogP contribution in [0.25, 0.3) is 16.7 Å². The number of aromatic nitrogens is 6. The van der Waals surface area contributed by atoms with Crippen molar-refractivity contribution in [1.82, 2.24) is 29.9 Å². The van der Waals surface area contributed by atoms with E-state index in [2.05, 4.69) is 51.6 Å². The number of nitrogens with zero attached hydrogens (tertiary/aromatic N) is 5. The minimum absolute atomic E-state index is 0.172. The minimum atomic E-state index is -0.382. The van der Waals surface area contributed by atoms with Crippen molar-refractivity contribution < 1.29 is 9.53 Å². The summed E-state index contributed by atoms with van der Waals surface area (Å²) in [6.45, 7) is 6.24. The first-order valence-electron chi connectivity index (χ1n) is 11.0. The van der Waals surface area contributed by atoms with Crippen LogP contribution < -0.4 is 15.4 Å². The second kappa shape index (κ2) is 8.90. The van der Waals surface area contributed by atoms with Crippen LogP contribution in [-0.2, 0) is 5.41 Å². The van der Waals surface area contributed by atoms with Gasteiger partial charge in [-0.1, -0.05) is 39.0 Å². The third kappa shape index (κ3) is 4.81. The predicted octanol–water partition coefficient (Wildman–Crippen LogP) is 5.27. The lowest BCUT2D eigenvalue weighted by molar-refractivity contribution is 0.262. The zero-order valence-corrected chi connectivity index (χ0v) is 19.5. The highest BCUT2D eigenvalue weighted by Gasteiger charge is 2.21. The van der Waals surface area contributed by atoms with Gasteiger partial charge in [0.05, 0.1) is 17.6 Å². The summed E-state index contributed by atoms with van der Waals surface area (Å²) in [6.07, 6.45) is 3.01. The number of hydrogen-bond donors (Lipinski definition) is 3. The summed E-state index contributed by atoms with van der Waals surface area (Å²) in [4.78, 5) is 21.1. The molecule has 5 rings (SSSR count). The van der Waals surface area contributed by atoms with Gasteiger partial charge in [0, 0.05) is 17.2 Å². The number of anilines is 2. The number of H-pyrrole nitrogens is 1. The Balaban J connectivity index is 1.30. The molecule has 2 aromatic carbocycles. The number of amides is 2. The van der Waals surface area contributed by atoms with Crippen molar-refractivity contribution in [2.24, 2.45) is 0 Å². The first-order chi connectivity index (χ1) is 16.9. The summed E-state index contributed by atoms with van der Waals surface area (Å²) in [6, 6.07) is 18.2. The summed E-state index contributed by atoms with van der Waals surface area (Å²) in [7, 11) is 0. The van der Waals surface area contributed by atoms with Gasteiger partial charge in [-0.3, -0.25) is 10.4 Å². The van der Waals surface area contributed by atoms with Gasteiger partial charge in [0.15, 0.2) is 5.65 Å². The van der Waals surface area contributed by atoms with Crippen molar-refractivity contribution in [2.45, 2.75) is 26.2 Å². The Bertz CT molecular complexity index is 1470. The number of rotatable bonds is 5. The SMILES string of the molecule is CC(C)(C)c1cc(NC(=O)Nc2ccc(Oc3ncnc4[nH]ncc34)cc2)n(-c2ccccc2)n1. The van der Waals surface area contributed by atoms with E-state index in [0.717, 1.165) is 11.4 Å². The molecule has 0 radical (unpaired) electrons. The molecular formula is C25H24N8O2. The molecule has 35 heavy (non-hydrogen) atoms. The average Bonchev–Trinajstić information content (AvgIpc) is 3.49. The second-order valence-corrected chi connectivity index (χ2v) is 8.93. The molecule has 0 fully saturated rings. The third-order valence-electron chi connectivity index (χ3n) is 5.26. The van der Waals surface area contributed by atoms with E-state index in [9.17, 15) is 4.79 Å². The monoisotopic (exact) mass is 468 g/mol. The number of carbonyl (C=O) groups excluding carboxylic acids is 1. The molecule has 0 saturated carbocycles. The van der Waals surface area contributed by atoms with Crippen LogP contribution in [-0.4, -0.2) is 36.0 Å². The van der Waals surface area contributed by atoms with Crippen molar-refractivity contribution >= 4 is 28.6 Å². The molecule has 0 aliphatic carbocycles. The molecule has 0 spiro atoms. The molecule has 10 heteroatoms. The highest BCUT2D eigenvalue weighted by molar-refractivity contribution is 5.99. The van der Waals surface area contributed by atoms with Crippen LogP contribution in [0, 0.1) is 0 Å². The van der Waals surface area contributed by atoms with Crippen molar-refractivity contribution in [3.8, 4) is 17.3 Å². The highest BCUT2D eigenvalue weighted by atomic mass is 16.5. The van der Waals surface area contributed by atoms with Gasteiger partial charge < -0.3 is 10.1 Å². The molecule has 176 valence electrons. The lowest BCUT2D eigenvalue weighted by Gasteiger charge is -2.14. The number of carbonyl (C=O) groups is 1. The van der Waals surface area contributed by atoms with E-state index in [1.54, 1.807) is 35.1 Å². The number of ether oxygens (including phenoxy) is 1. The van der Waals surface area contributed by atoms with Gasteiger partial charge in [0.1, 0.15) is 23.3 Å². The van der Waals surface area contributed by atoms with Crippen molar-refractivity contribution in [2.75, 3.05) is 10.6 Å². The van der Waals surface area contributed by atoms with Gasteiger partial charge in [-0.25, -0.2) is 19.4 Å². The predicted molar refractivity (Wildman–Crippen MR) is 133 cm³/mol. The first kappa shape index (κ1) is 22.1. The Morgan fingerprint density at radius 2 is 1.77 bits per heavy atom. The summed E-state index contributed by atoms with van der Waals surface area (Å²) in [5.41, 5.74) is 2.75. The van der Waals surface area contributed by atoms with Crippen LogP contribution in [0.15, 0.2) is 73.2 Å². The van der Waals surface area contributed by atoms with Gasteiger partial charge in [0.2, 0.25) is 5.88 Å². The van der Waals surface area contributed by atoms with Crippen LogP contribution >= 0.6 is 0 Å². The van der Waals surface area contributed by atoms with Crippen LogP contribution in [0.2, 0.25) is 0 Å². The molecule has 0 bridgehead atoms. The summed E-state index contributed by atoms with van der Waals surface area (Å²) in [5, 5.41) is 17.9. The molecule has 3 aromatic heterocycles. The standard InChI is InChI=1S/C25H24N8O2/c1-25(2,3)20-13-21(33(32-20)17-7-5-4-6-8-17)30-24(34)29-16-9-11-18(12-10-16)35-23-19-14-28-31-22(19)26-15-27-23/h4-15H,1-3H3,(H2,29,30,34)(H,26,27,28,31). The fraction of sp³-hybridized carbons (Fsp3) is 0.160. The van der Waals surface area contributed by atoms with E-state index < -0.39 is 0 Å². The fourth-order valence-corrected chi connectivity index (χ4v) is 3.42. The zero-order valence-electron chi connectivity index (χ0n) is 19.5. The summed E-state index contributed by atoms with van der Waals surface area (Å²) < 4.78 is 7.59. The Morgan fingerprint density at radius 1 is 1.00 bits per heavy atom. The minimum Gasteiger partial charge on any atom is -0.438 e. The summed E-state index contributed by atoms with van der Waals surface area (Å²) >= 11 is 0. The molecule has 0 atom stereocenters. The van der Waals surface area contributed by atoms with E-state index in [0.29, 0.717) is 34.2 Å². The molecule has 0 saturated heterocycles. The number of aromatic amines is 1. The normalized spacial score (nSPS) is 11.4. The molecule has 2 amide bonds. The molecule has 3 N–H and O–H groups in total. The molecule has 0 unspecified atom stereocenters. The molecule has 5 aromatic rings. The van der Waals surface area contributed by atoms with E-state index in [4.69, 9.17) is 9.84 Å². The molecule has 10 nitrogen and oxygen atoms in total. The smallest absolute Gasteiger partial charge is 0.324 e. The van der Waals surface area contributed by atoms with Gasteiger partial charge in [0.25, 0.3) is 0 Å². The van der Waals surface area contributed by atoms with Gasteiger partial charge in [-0.2, -0.15) is 10.2 Å². The first-order valence-corrected chi connectivity index (χ1v) is 11.0. The van der Waals surface area contributed by atoms with E-state index >= 15 is 0 Å². The molecule has 0 aliphatic rings. The number of hydrogen-bond acceptors (Lipinski definition) is 6. The third-order valence-corrected chi connectivity index (χ3v) is 5.26. The van der Waals surface area contributed by atoms with Gasteiger partial charge in [-0.15, -0.1) is 0 Å². The number of benzene rings is 2. The second-order valence-electron chi connectivity index (χ2n) is 8.93. The van der Waals surface area contributed by atoms with Crippen molar-refractivity contribution in [3.63, 3.8) is 0 Å². The van der Waals surface area contributed by atoms with Crippen LogP contribution in [0.4, 0.5) is 16.3 Å². The molecular weight excluding hydrogens is 444 g/mol. The maximum Gasteiger partial charge on any atom is 0.324 e. The van der Waals surface area contributed by atoms with Crippen molar-refractivity contribution in [3.05, 3.63) is 78.9 Å². The van der Waals surface area contributed by atoms with Gasteiger partial charge >= 0.3 is 6.03 Å². The maximum atomic E-state index is 12.8. The van der Waals surface area contributed by atoms with E-state index in [1.165, 1.54) is 6.33 Å². The van der Waals surface area contributed by atoms with Crippen LogP contribution in [0.1, 0.15) is 26.5 Å². The zero-order chi connectivity index (χ0) is 24.4. The molecule has 0 aliphatic heterocycles. The Morgan fingerprint density at radius 3 is 2.51 bits per heavy atom. The lowest BCUT2D eigenvalue weighted by atomic mass is 9.92. The van der Waals surface area contributed by atoms with E-state index in [-0.39, 0.29) is 11.4 Å². The number of para-hydroxylation sites is 1. The number of nitrogens with one attached hydrogen (secondary N) is 3. The maximum absolute atomic E-state index is 12.8. The van der Waals surface area contributed by atoms with Crippen LogP contribution in [0.5, 0.6) is 11.6 Å². The Labute approximate surface area is 201 Å². The van der Waals surface area contributed by atoms with Crippen molar-refractivity contribution in [1.29, 1.82) is 0 Å². The lowest BCUT2D eigenvalue weighted by Crippen LogP contribution is -2.21. The summed E-state index contributed by atoms with van der Waals surface area (Å²) in [5.74, 6) is 1.53. The molecule has 3 heterocycles. The topological polar surface area (TPSA) is 123 Å². The highest BCUT2D eigenvalue weighted by Crippen LogP contribution is 2.28. The quantitative estimate of drug-likeness (QED) is 0.323. The number of fused-ring (bicyclic) bond motifs is 1. The Hall–Kier alpha value is -4.73. The number of urea groups is 1. The fourth-order valence-electron chi connectivity index (χ4n) is 3.42. The Kier molecular flexibility index (Phi) is 5.61. The van der Waals surface area contributed by atoms with Gasteiger partial charge in [-0.05, 0) is 36.4 Å². The van der Waals surface area contributed by atoms with Crippen LogP contribution in [0.3, 0.4) is 0 Å². The average molecular weight is 469 g/mol.